The zero-order chi connectivity index (χ0) is 14.7. The maximum Gasteiger partial charge on any atom is 0.199 e. The van der Waals surface area contributed by atoms with Gasteiger partial charge in [-0.05, 0) is 48.3 Å². The number of benzene rings is 2. The summed E-state index contributed by atoms with van der Waals surface area (Å²) in [7, 11) is 0. The third kappa shape index (κ3) is 3.20. The second-order valence-corrected chi connectivity index (χ2v) is 5.29. The van der Waals surface area contributed by atoms with E-state index in [-0.39, 0.29) is 0 Å². The molecular formula is C17H16ClNO2. The summed E-state index contributed by atoms with van der Waals surface area (Å²) in [6.07, 6.45) is 0.897. The molecule has 0 bridgehead atoms. The highest BCUT2D eigenvalue weighted by Gasteiger charge is 2.11. The number of para-hydroxylation sites is 1. The quantitative estimate of drug-likeness (QED) is 0.697. The van der Waals surface area contributed by atoms with Gasteiger partial charge in [0.15, 0.2) is 5.22 Å². The van der Waals surface area contributed by atoms with Crippen molar-refractivity contribution in [2.24, 2.45) is 0 Å². The first kappa shape index (κ1) is 14.0. The molecule has 0 radical (unpaired) electrons. The summed E-state index contributed by atoms with van der Waals surface area (Å²) in [5, 5.41) is 14.1. The molecule has 4 heteroatoms. The molecule has 0 unspecified atom stereocenters. The maximum atomic E-state index is 9.24. The summed E-state index contributed by atoms with van der Waals surface area (Å²) in [6.45, 7) is 1.51. The van der Waals surface area contributed by atoms with Gasteiger partial charge in [0.1, 0.15) is 11.3 Å². The van der Waals surface area contributed by atoms with E-state index in [1.165, 1.54) is 5.56 Å². The van der Waals surface area contributed by atoms with E-state index >= 15 is 0 Å². The van der Waals surface area contributed by atoms with Crippen molar-refractivity contribution in [3.8, 4) is 5.75 Å². The Morgan fingerprint density at radius 1 is 1.05 bits per heavy atom. The van der Waals surface area contributed by atoms with Crippen LogP contribution in [0.3, 0.4) is 0 Å². The summed E-state index contributed by atoms with van der Waals surface area (Å²) in [4.78, 5) is 0. The highest BCUT2D eigenvalue weighted by Crippen LogP contribution is 2.29. The number of furan rings is 1. The van der Waals surface area contributed by atoms with E-state index in [0.29, 0.717) is 17.5 Å². The van der Waals surface area contributed by atoms with Crippen LogP contribution >= 0.6 is 11.6 Å². The molecule has 0 saturated carbocycles. The Labute approximate surface area is 128 Å². The minimum Gasteiger partial charge on any atom is -0.508 e. The molecule has 1 aromatic heterocycles. The Morgan fingerprint density at radius 3 is 2.62 bits per heavy atom. The van der Waals surface area contributed by atoms with Crippen LogP contribution in [0.2, 0.25) is 5.22 Å². The number of phenols is 1. The van der Waals surface area contributed by atoms with Crippen molar-refractivity contribution in [2.45, 2.75) is 13.0 Å². The Balaban J connectivity index is 1.59. The van der Waals surface area contributed by atoms with E-state index in [1.807, 2.05) is 36.4 Å². The van der Waals surface area contributed by atoms with Crippen LogP contribution in [-0.2, 0) is 13.0 Å². The minimum absolute atomic E-state index is 0.295. The van der Waals surface area contributed by atoms with Gasteiger partial charge in [0.25, 0.3) is 0 Å². The molecule has 0 atom stereocenters. The molecule has 1 heterocycles. The second kappa shape index (κ2) is 6.20. The van der Waals surface area contributed by atoms with Gasteiger partial charge in [-0.25, -0.2) is 0 Å². The molecule has 0 spiro atoms. The first-order valence-electron chi connectivity index (χ1n) is 6.88. The molecule has 0 aliphatic carbocycles. The van der Waals surface area contributed by atoms with Crippen molar-refractivity contribution in [3.05, 3.63) is 64.9 Å². The van der Waals surface area contributed by atoms with Gasteiger partial charge in [-0.2, -0.15) is 0 Å². The Kier molecular flexibility index (Phi) is 4.13. The first-order valence-corrected chi connectivity index (χ1v) is 7.26. The van der Waals surface area contributed by atoms with Crippen LogP contribution < -0.4 is 5.32 Å². The zero-order valence-corrected chi connectivity index (χ0v) is 12.2. The van der Waals surface area contributed by atoms with Gasteiger partial charge in [0.05, 0.1) is 0 Å². The lowest BCUT2D eigenvalue weighted by Gasteiger charge is -2.04. The van der Waals surface area contributed by atoms with Gasteiger partial charge in [-0.1, -0.05) is 30.3 Å². The van der Waals surface area contributed by atoms with Gasteiger partial charge < -0.3 is 14.8 Å². The number of hydrogen-bond acceptors (Lipinski definition) is 3. The molecule has 0 fully saturated rings. The van der Waals surface area contributed by atoms with Crippen molar-refractivity contribution in [1.29, 1.82) is 0 Å². The van der Waals surface area contributed by atoms with E-state index in [0.717, 1.165) is 29.5 Å². The van der Waals surface area contributed by atoms with Crippen LogP contribution in [0.1, 0.15) is 11.1 Å². The molecule has 21 heavy (non-hydrogen) atoms. The lowest BCUT2D eigenvalue weighted by molar-refractivity contribution is 0.475. The molecule has 2 N–H and O–H groups in total. The normalized spacial score (nSPS) is 11.1. The zero-order valence-electron chi connectivity index (χ0n) is 11.5. The van der Waals surface area contributed by atoms with E-state index in [9.17, 15) is 5.11 Å². The molecule has 3 aromatic rings. The Hall–Kier alpha value is -1.97. The topological polar surface area (TPSA) is 45.4 Å². The molecule has 3 rings (SSSR count). The first-order chi connectivity index (χ1) is 10.2. The van der Waals surface area contributed by atoms with Crippen LogP contribution in [0.5, 0.6) is 5.75 Å². The molecule has 0 aliphatic rings. The highest BCUT2D eigenvalue weighted by atomic mass is 35.5. The number of phenolic OH excluding ortho intramolecular Hbond substituents is 1. The predicted octanol–water partition coefficient (Wildman–Crippen LogP) is 4.12. The number of rotatable bonds is 5. The standard InChI is InChI=1S/C17H16ClNO2/c18-17-15(14-3-1-2-4-16(14)21-17)11-19-10-9-12-5-7-13(20)8-6-12/h1-8,19-20H,9-11H2. The van der Waals surface area contributed by atoms with Crippen LogP contribution in [-0.4, -0.2) is 11.7 Å². The van der Waals surface area contributed by atoms with Gasteiger partial charge in [-0.15, -0.1) is 0 Å². The molecular weight excluding hydrogens is 286 g/mol. The van der Waals surface area contributed by atoms with Crippen molar-refractivity contribution >= 4 is 22.6 Å². The number of aromatic hydroxyl groups is 1. The Bertz CT molecular complexity index is 734. The fourth-order valence-electron chi connectivity index (χ4n) is 2.34. The van der Waals surface area contributed by atoms with E-state index in [4.69, 9.17) is 16.0 Å². The van der Waals surface area contributed by atoms with Crippen molar-refractivity contribution in [1.82, 2.24) is 5.32 Å². The molecule has 108 valence electrons. The molecule has 2 aromatic carbocycles. The smallest absolute Gasteiger partial charge is 0.199 e. The molecule has 0 saturated heterocycles. The monoisotopic (exact) mass is 301 g/mol. The average molecular weight is 302 g/mol. The van der Waals surface area contributed by atoms with Crippen molar-refractivity contribution in [3.63, 3.8) is 0 Å². The van der Waals surface area contributed by atoms with Gasteiger partial charge >= 0.3 is 0 Å². The molecule has 0 amide bonds. The summed E-state index contributed by atoms with van der Waals surface area (Å²) < 4.78 is 5.53. The maximum absolute atomic E-state index is 9.24. The summed E-state index contributed by atoms with van der Waals surface area (Å²) in [5.41, 5.74) is 3.00. The lowest BCUT2D eigenvalue weighted by atomic mass is 10.1. The predicted molar refractivity (Wildman–Crippen MR) is 84.7 cm³/mol. The largest absolute Gasteiger partial charge is 0.508 e. The van der Waals surface area contributed by atoms with Crippen molar-refractivity contribution in [2.75, 3.05) is 6.54 Å². The average Bonchev–Trinajstić information content (AvgIpc) is 2.81. The van der Waals surface area contributed by atoms with Crippen LogP contribution in [0.4, 0.5) is 0 Å². The molecule has 0 aliphatic heterocycles. The number of fused-ring (bicyclic) bond motifs is 1. The number of halogens is 1. The summed E-state index contributed by atoms with van der Waals surface area (Å²) in [6, 6.07) is 15.1. The van der Waals surface area contributed by atoms with E-state index in [1.54, 1.807) is 12.1 Å². The Morgan fingerprint density at radius 2 is 1.81 bits per heavy atom. The summed E-state index contributed by atoms with van der Waals surface area (Å²) >= 11 is 6.15. The van der Waals surface area contributed by atoms with Crippen LogP contribution in [0.25, 0.3) is 11.0 Å². The highest BCUT2D eigenvalue weighted by molar-refractivity contribution is 6.30. The van der Waals surface area contributed by atoms with Gasteiger partial charge in [0, 0.05) is 17.5 Å². The third-order valence-electron chi connectivity index (χ3n) is 3.48. The minimum atomic E-state index is 0.295. The number of hydrogen-bond donors (Lipinski definition) is 2. The van der Waals surface area contributed by atoms with Crippen molar-refractivity contribution < 1.29 is 9.52 Å². The summed E-state index contributed by atoms with van der Waals surface area (Å²) in [5.74, 6) is 0.295. The van der Waals surface area contributed by atoms with E-state index in [2.05, 4.69) is 5.32 Å². The number of nitrogens with one attached hydrogen (secondary N) is 1. The van der Waals surface area contributed by atoms with Crippen LogP contribution in [0.15, 0.2) is 52.9 Å². The fraction of sp³-hybridized carbons (Fsp3) is 0.176. The fourth-order valence-corrected chi connectivity index (χ4v) is 2.59. The third-order valence-corrected chi connectivity index (χ3v) is 3.78. The SMILES string of the molecule is Oc1ccc(CCNCc2c(Cl)oc3ccccc23)cc1. The van der Waals surface area contributed by atoms with Gasteiger partial charge in [-0.3, -0.25) is 0 Å². The second-order valence-electron chi connectivity index (χ2n) is 4.94. The molecule has 3 nitrogen and oxygen atoms in total. The van der Waals surface area contributed by atoms with E-state index < -0.39 is 0 Å². The van der Waals surface area contributed by atoms with Gasteiger partial charge in [0.2, 0.25) is 0 Å². The lowest BCUT2D eigenvalue weighted by Crippen LogP contribution is -2.16. The van der Waals surface area contributed by atoms with Crippen LogP contribution in [0, 0.1) is 0 Å².